The van der Waals surface area contributed by atoms with Crippen LogP contribution >= 0.6 is 35.6 Å². The zero-order valence-electron chi connectivity index (χ0n) is 14.6. The van der Waals surface area contributed by atoms with Gasteiger partial charge in [-0.25, -0.2) is 0 Å². The van der Waals surface area contributed by atoms with Gasteiger partial charge < -0.3 is 14.8 Å². The monoisotopic (exact) mass is 419 g/mol. The summed E-state index contributed by atoms with van der Waals surface area (Å²) in [5, 5.41) is 3.17. The average Bonchev–Trinajstić information content (AvgIpc) is 2.97. The quantitative estimate of drug-likeness (QED) is 0.509. The van der Waals surface area contributed by atoms with E-state index in [1.165, 1.54) is 11.8 Å². The van der Waals surface area contributed by atoms with Gasteiger partial charge in [0.2, 0.25) is 0 Å². The fraction of sp³-hybridized carbons (Fsp3) is 0.200. The molecule has 140 valence electrons. The predicted octanol–water partition coefficient (Wildman–Crippen LogP) is 4.92. The van der Waals surface area contributed by atoms with Gasteiger partial charge in [0.05, 0.1) is 18.1 Å². The molecule has 1 N–H and O–H groups in total. The maximum absolute atomic E-state index is 11.9. The number of amides is 1. The number of hydrogen-bond acceptors (Lipinski definition) is 5. The molecule has 2 aromatic carbocycles. The zero-order chi connectivity index (χ0) is 19.2. The van der Waals surface area contributed by atoms with Crippen LogP contribution < -0.4 is 14.8 Å². The largest absolute Gasteiger partial charge is 0.493 e. The molecule has 1 aliphatic rings. The molecule has 0 unspecified atom stereocenters. The van der Waals surface area contributed by atoms with Crippen molar-refractivity contribution in [1.82, 2.24) is 5.32 Å². The smallest absolute Gasteiger partial charge is 0.263 e. The lowest BCUT2D eigenvalue weighted by Gasteiger charge is -2.16. The van der Waals surface area contributed by atoms with Crippen LogP contribution in [0.25, 0.3) is 6.08 Å². The lowest BCUT2D eigenvalue weighted by molar-refractivity contribution is -0.115. The molecular weight excluding hydrogens is 402 g/mol. The zero-order valence-corrected chi connectivity index (χ0v) is 17.0. The molecular formula is C20H18ClNO3S2. The fourth-order valence-corrected chi connectivity index (χ4v) is 3.58. The number of ether oxygens (including phenoxy) is 2. The van der Waals surface area contributed by atoms with Crippen molar-refractivity contribution >= 4 is 51.9 Å². The minimum absolute atomic E-state index is 0.179. The van der Waals surface area contributed by atoms with Gasteiger partial charge in [0.25, 0.3) is 5.91 Å². The number of thiocarbonyl (C=S) groups is 1. The number of para-hydroxylation sites is 1. The Bertz CT molecular complexity index is 871. The molecule has 7 heteroatoms. The summed E-state index contributed by atoms with van der Waals surface area (Å²) < 4.78 is 12.2. The Hall–Kier alpha value is -2.02. The van der Waals surface area contributed by atoms with Crippen LogP contribution in [-0.2, 0) is 4.79 Å². The van der Waals surface area contributed by atoms with Crippen molar-refractivity contribution in [3.05, 3.63) is 64.0 Å². The number of carbonyl (C=O) groups excluding carboxylic acids is 1. The van der Waals surface area contributed by atoms with Gasteiger partial charge in [-0.2, -0.15) is 0 Å². The van der Waals surface area contributed by atoms with Crippen LogP contribution in [0, 0.1) is 5.92 Å². The van der Waals surface area contributed by atoms with Gasteiger partial charge in [0.1, 0.15) is 15.8 Å². The third-order valence-electron chi connectivity index (χ3n) is 3.70. The van der Waals surface area contributed by atoms with E-state index < -0.39 is 0 Å². The van der Waals surface area contributed by atoms with E-state index in [9.17, 15) is 4.79 Å². The lowest BCUT2D eigenvalue weighted by Crippen LogP contribution is -2.18. The van der Waals surface area contributed by atoms with Gasteiger partial charge in [0.15, 0.2) is 0 Å². The summed E-state index contributed by atoms with van der Waals surface area (Å²) in [6.07, 6.45) is 1.74. The first-order chi connectivity index (χ1) is 13.0. The molecule has 1 atom stereocenters. The molecule has 0 saturated carbocycles. The number of benzene rings is 2. The Balaban J connectivity index is 1.64. The second-order valence-corrected chi connectivity index (χ2v) is 8.23. The van der Waals surface area contributed by atoms with E-state index >= 15 is 0 Å². The third-order valence-corrected chi connectivity index (χ3v) is 5.10. The molecule has 0 spiro atoms. The topological polar surface area (TPSA) is 47.6 Å². The molecule has 1 aliphatic heterocycles. The van der Waals surface area contributed by atoms with Gasteiger partial charge in [-0.3, -0.25) is 4.79 Å². The number of halogens is 1. The first-order valence-corrected chi connectivity index (χ1v) is 9.96. The first kappa shape index (κ1) is 19.7. The Morgan fingerprint density at radius 2 is 1.93 bits per heavy atom. The molecule has 4 nitrogen and oxygen atoms in total. The van der Waals surface area contributed by atoms with E-state index in [1.807, 2.05) is 30.3 Å². The summed E-state index contributed by atoms with van der Waals surface area (Å²) in [5.41, 5.74) is 0.737. The van der Waals surface area contributed by atoms with Gasteiger partial charge in [-0.15, -0.1) is 0 Å². The normalized spacial score (nSPS) is 16.3. The van der Waals surface area contributed by atoms with Crippen molar-refractivity contribution in [2.45, 2.75) is 6.92 Å². The van der Waals surface area contributed by atoms with Gasteiger partial charge in [-0.1, -0.05) is 60.7 Å². The summed E-state index contributed by atoms with van der Waals surface area (Å²) in [7, 11) is 0. The number of carbonyl (C=O) groups is 1. The predicted molar refractivity (Wildman–Crippen MR) is 114 cm³/mol. The number of hydrogen-bond donors (Lipinski definition) is 1. The van der Waals surface area contributed by atoms with E-state index in [0.29, 0.717) is 33.2 Å². The van der Waals surface area contributed by atoms with Crippen molar-refractivity contribution < 1.29 is 14.3 Å². The van der Waals surface area contributed by atoms with Crippen molar-refractivity contribution in [2.24, 2.45) is 5.92 Å². The van der Waals surface area contributed by atoms with E-state index in [2.05, 4.69) is 12.2 Å². The Morgan fingerprint density at radius 1 is 1.19 bits per heavy atom. The molecule has 27 heavy (non-hydrogen) atoms. The summed E-state index contributed by atoms with van der Waals surface area (Å²) in [4.78, 5) is 12.4. The Labute approximate surface area is 172 Å². The molecule has 2 aromatic rings. The molecule has 0 radical (unpaired) electrons. The summed E-state index contributed by atoms with van der Waals surface area (Å²) in [6, 6.07) is 15.0. The van der Waals surface area contributed by atoms with Crippen LogP contribution in [-0.4, -0.2) is 23.4 Å². The van der Waals surface area contributed by atoms with E-state index in [4.69, 9.17) is 33.3 Å². The van der Waals surface area contributed by atoms with Crippen LogP contribution in [0.4, 0.5) is 0 Å². The maximum Gasteiger partial charge on any atom is 0.263 e. The molecule has 0 aliphatic carbocycles. The van der Waals surface area contributed by atoms with Crippen molar-refractivity contribution in [3.63, 3.8) is 0 Å². The van der Waals surface area contributed by atoms with Crippen LogP contribution in [0.2, 0.25) is 5.02 Å². The fourth-order valence-electron chi connectivity index (χ4n) is 2.36. The lowest BCUT2D eigenvalue weighted by atomic mass is 10.1. The van der Waals surface area contributed by atoms with Gasteiger partial charge in [0, 0.05) is 16.5 Å². The average molecular weight is 420 g/mol. The maximum atomic E-state index is 11.9. The first-order valence-electron chi connectivity index (χ1n) is 8.36. The summed E-state index contributed by atoms with van der Waals surface area (Å²) in [5.74, 6) is 1.46. The minimum atomic E-state index is -0.208. The van der Waals surface area contributed by atoms with E-state index in [1.54, 1.807) is 24.3 Å². The number of thioether (sulfide) groups is 1. The summed E-state index contributed by atoms with van der Waals surface area (Å²) >= 11 is 12.4. The van der Waals surface area contributed by atoms with Crippen LogP contribution in [0.1, 0.15) is 12.5 Å². The minimum Gasteiger partial charge on any atom is -0.493 e. The molecule has 1 amide bonds. The molecule has 1 saturated heterocycles. The molecule has 3 rings (SSSR count). The SMILES string of the molecule is C[C@H](COc1ccccc1)COc1ccc(Cl)cc1/C=C1/SC(=S)NC1=O. The van der Waals surface area contributed by atoms with Crippen LogP contribution in [0.5, 0.6) is 11.5 Å². The second-order valence-electron chi connectivity index (χ2n) is 6.07. The summed E-state index contributed by atoms with van der Waals surface area (Å²) in [6.45, 7) is 3.07. The van der Waals surface area contributed by atoms with Crippen molar-refractivity contribution in [2.75, 3.05) is 13.2 Å². The van der Waals surface area contributed by atoms with Gasteiger partial charge in [-0.05, 0) is 36.4 Å². The Kier molecular flexibility index (Phi) is 6.77. The highest BCUT2D eigenvalue weighted by Gasteiger charge is 2.22. The molecule has 1 fully saturated rings. The highest BCUT2D eigenvalue weighted by molar-refractivity contribution is 8.26. The number of nitrogens with one attached hydrogen (secondary N) is 1. The second kappa shape index (κ2) is 9.26. The standard InChI is InChI=1S/C20H18ClNO3S2/c1-13(11-24-16-5-3-2-4-6-16)12-25-17-8-7-15(21)9-14(17)10-18-19(23)22-20(26)27-18/h2-10,13H,11-12H2,1H3,(H,22,23,26)/b18-10+/t13-/m1/s1. The van der Waals surface area contributed by atoms with Crippen molar-refractivity contribution in [3.8, 4) is 11.5 Å². The van der Waals surface area contributed by atoms with Crippen LogP contribution in [0.3, 0.4) is 0 Å². The van der Waals surface area contributed by atoms with Gasteiger partial charge >= 0.3 is 0 Å². The number of rotatable bonds is 7. The van der Waals surface area contributed by atoms with Crippen molar-refractivity contribution in [1.29, 1.82) is 0 Å². The Morgan fingerprint density at radius 3 is 2.63 bits per heavy atom. The van der Waals surface area contributed by atoms with E-state index in [0.717, 1.165) is 11.3 Å². The highest BCUT2D eigenvalue weighted by Crippen LogP contribution is 2.31. The molecule has 0 bridgehead atoms. The van der Waals surface area contributed by atoms with Crippen LogP contribution in [0.15, 0.2) is 53.4 Å². The third kappa shape index (κ3) is 5.73. The van der Waals surface area contributed by atoms with E-state index in [-0.39, 0.29) is 11.8 Å². The molecule has 1 heterocycles. The highest BCUT2D eigenvalue weighted by atomic mass is 35.5. The molecule has 0 aromatic heterocycles.